The summed E-state index contributed by atoms with van der Waals surface area (Å²) >= 11 is 0. The van der Waals surface area contributed by atoms with Gasteiger partial charge in [-0.1, -0.05) is 20.3 Å². The van der Waals surface area contributed by atoms with Gasteiger partial charge >= 0.3 is 0 Å². The monoisotopic (exact) mass is 227 g/mol. The van der Waals surface area contributed by atoms with Gasteiger partial charge in [-0.3, -0.25) is 0 Å². The van der Waals surface area contributed by atoms with E-state index in [1.54, 1.807) is 0 Å². The van der Waals surface area contributed by atoms with E-state index in [2.05, 4.69) is 19.2 Å². The molecule has 0 aliphatic heterocycles. The Morgan fingerprint density at radius 1 is 1.06 bits per heavy atom. The molecular weight excluding hydrogens is 208 g/mol. The summed E-state index contributed by atoms with van der Waals surface area (Å²) in [5.41, 5.74) is 0.702. The lowest BCUT2D eigenvalue weighted by Crippen LogP contribution is -2.22. The number of hydrogen-bond acceptors (Lipinski definition) is 1. The highest BCUT2D eigenvalue weighted by molar-refractivity contribution is 5.21. The average Bonchev–Trinajstić information content (AvgIpc) is 2.22. The highest BCUT2D eigenvalue weighted by Crippen LogP contribution is 2.20. The largest absolute Gasteiger partial charge is 0.310 e. The van der Waals surface area contributed by atoms with Crippen LogP contribution in [-0.4, -0.2) is 6.54 Å². The maximum atomic E-state index is 13.1. The first kappa shape index (κ1) is 13.1. The first-order valence-corrected chi connectivity index (χ1v) is 5.86. The Morgan fingerprint density at radius 2 is 1.69 bits per heavy atom. The smallest absolute Gasteiger partial charge is 0.126 e. The van der Waals surface area contributed by atoms with Crippen LogP contribution in [0, 0.1) is 11.6 Å². The van der Waals surface area contributed by atoms with Crippen LogP contribution in [0.5, 0.6) is 0 Å². The molecule has 0 saturated carbocycles. The third-order valence-corrected chi connectivity index (χ3v) is 2.51. The lowest BCUT2D eigenvalue weighted by molar-refractivity contribution is 0.485. The number of benzene rings is 1. The van der Waals surface area contributed by atoms with Crippen LogP contribution in [0.25, 0.3) is 0 Å². The van der Waals surface area contributed by atoms with E-state index in [-0.39, 0.29) is 6.04 Å². The zero-order valence-electron chi connectivity index (χ0n) is 9.89. The Kier molecular flexibility index (Phi) is 5.39. The predicted octanol–water partition coefficient (Wildman–Crippen LogP) is 3.81. The maximum absolute atomic E-state index is 13.1. The van der Waals surface area contributed by atoms with Crippen LogP contribution in [-0.2, 0) is 0 Å². The fourth-order valence-electron chi connectivity index (χ4n) is 1.77. The summed E-state index contributed by atoms with van der Waals surface area (Å²) in [7, 11) is 0. The van der Waals surface area contributed by atoms with Gasteiger partial charge < -0.3 is 5.32 Å². The molecule has 1 unspecified atom stereocenters. The van der Waals surface area contributed by atoms with E-state index in [0.717, 1.165) is 31.9 Å². The first-order valence-electron chi connectivity index (χ1n) is 5.86. The van der Waals surface area contributed by atoms with Gasteiger partial charge in [0.2, 0.25) is 0 Å². The minimum Gasteiger partial charge on any atom is -0.310 e. The molecule has 0 aliphatic rings. The Labute approximate surface area is 95.9 Å². The molecule has 0 heterocycles. The van der Waals surface area contributed by atoms with E-state index in [1.807, 2.05) is 0 Å². The van der Waals surface area contributed by atoms with Crippen molar-refractivity contribution in [3.05, 3.63) is 35.4 Å². The van der Waals surface area contributed by atoms with Crippen molar-refractivity contribution < 1.29 is 8.78 Å². The van der Waals surface area contributed by atoms with Crippen molar-refractivity contribution in [2.75, 3.05) is 6.54 Å². The van der Waals surface area contributed by atoms with Gasteiger partial charge in [0.15, 0.2) is 0 Å². The van der Waals surface area contributed by atoms with E-state index >= 15 is 0 Å². The normalized spacial score (nSPS) is 12.8. The van der Waals surface area contributed by atoms with Crippen molar-refractivity contribution in [3.63, 3.8) is 0 Å². The van der Waals surface area contributed by atoms with Crippen LogP contribution in [0.15, 0.2) is 18.2 Å². The van der Waals surface area contributed by atoms with Crippen LogP contribution in [0.4, 0.5) is 8.78 Å². The van der Waals surface area contributed by atoms with Gasteiger partial charge in [0.25, 0.3) is 0 Å². The molecule has 3 heteroatoms. The second-order valence-electron chi connectivity index (χ2n) is 4.00. The van der Waals surface area contributed by atoms with Crippen molar-refractivity contribution in [3.8, 4) is 0 Å². The average molecular weight is 227 g/mol. The van der Waals surface area contributed by atoms with Gasteiger partial charge in [-0.25, -0.2) is 8.78 Å². The fraction of sp³-hybridized carbons (Fsp3) is 0.538. The van der Waals surface area contributed by atoms with Gasteiger partial charge in [0, 0.05) is 12.1 Å². The Morgan fingerprint density at radius 3 is 2.19 bits per heavy atom. The van der Waals surface area contributed by atoms with Gasteiger partial charge in [-0.05, 0) is 37.1 Å². The van der Waals surface area contributed by atoms with Crippen LogP contribution >= 0.6 is 0 Å². The van der Waals surface area contributed by atoms with Crippen molar-refractivity contribution in [1.82, 2.24) is 5.32 Å². The summed E-state index contributed by atoms with van der Waals surface area (Å²) in [5.74, 6) is -1.01. The summed E-state index contributed by atoms with van der Waals surface area (Å²) in [6.07, 6.45) is 2.89. The molecule has 0 bridgehead atoms. The van der Waals surface area contributed by atoms with E-state index < -0.39 is 11.6 Å². The van der Waals surface area contributed by atoms with Gasteiger partial charge in [-0.2, -0.15) is 0 Å². The molecule has 16 heavy (non-hydrogen) atoms. The molecule has 1 aromatic carbocycles. The summed E-state index contributed by atoms with van der Waals surface area (Å²) in [6.45, 7) is 5.00. The first-order chi connectivity index (χ1) is 7.67. The SMILES string of the molecule is CCCNC(CCC)c1cc(F)cc(F)c1. The Hall–Kier alpha value is -0.960. The molecule has 1 rings (SSSR count). The zero-order chi connectivity index (χ0) is 12.0. The molecule has 0 fully saturated rings. The molecule has 1 nitrogen and oxygen atoms in total. The molecule has 1 aromatic rings. The quantitative estimate of drug-likeness (QED) is 0.779. The molecule has 0 aromatic heterocycles. The topological polar surface area (TPSA) is 12.0 Å². The van der Waals surface area contributed by atoms with Crippen molar-refractivity contribution >= 4 is 0 Å². The van der Waals surface area contributed by atoms with Crippen LogP contribution in [0.1, 0.15) is 44.7 Å². The molecule has 0 radical (unpaired) electrons. The molecule has 1 N–H and O–H groups in total. The molecule has 0 saturated heterocycles. The number of hydrogen-bond donors (Lipinski definition) is 1. The van der Waals surface area contributed by atoms with Gasteiger partial charge in [0.1, 0.15) is 11.6 Å². The molecule has 0 aliphatic carbocycles. The number of rotatable bonds is 6. The third kappa shape index (κ3) is 3.89. The summed E-state index contributed by atoms with van der Waals surface area (Å²) in [4.78, 5) is 0. The second-order valence-corrected chi connectivity index (χ2v) is 4.00. The minimum absolute atomic E-state index is 0.0511. The lowest BCUT2D eigenvalue weighted by Gasteiger charge is -2.18. The van der Waals surface area contributed by atoms with Crippen molar-refractivity contribution in [2.45, 2.75) is 39.2 Å². The highest BCUT2D eigenvalue weighted by atomic mass is 19.1. The van der Waals surface area contributed by atoms with Crippen LogP contribution < -0.4 is 5.32 Å². The van der Waals surface area contributed by atoms with Crippen LogP contribution in [0.3, 0.4) is 0 Å². The van der Waals surface area contributed by atoms with Crippen molar-refractivity contribution in [2.24, 2.45) is 0 Å². The molecule has 1 atom stereocenters. The number of halogens is 2. The Bertz CT molecular complexity index is 305. The summed E-state index contributed by atoms with van der Waals surface area (Å²) in [6, 6.07) is 3.78. The van der Waals surface area contributed by atoms with E-state index in [9.17, 15) is 8.78 Å². The van der Waals surface area contributed by atoms with E-state index in [4.69, 9.17) is 0 Å². The van der Waals surface area contributed by atoms with E-state index in [1.165, 1.54) is 12.1 Å². The zero-order valence-corrected chi connectivity index (χ0v) is 9.89. The van der Waals surface area contributed by atoms with Crippen molar-refractivity contribution in [1.29, 1.82) is 0 Å². The van der Waals surface area contributed by atoms with Crippen LogP contribution in [0.2, 0.25) is 0 Å². The number of nitrogens with one attached hydrogen (secondary N) is 1. The molecular formula is C13H19F2N. The highest BCUT2D eigenvalue weighted by Gasteiger charge is 2.11. The predicted molar refractivity (Wildman–Crippen MR) is 62.3 cm³/mol. The molecule has 0 amide bonds. The molecule has 0 spiro atoms. The summed E-state index contributed by atoms with van der Waals surface area (Å²) < 4.78 is 26.2. The summed E-state index contributed by atoms with van der Waals surface area (Å²) in [5, 5.41) is 3.31. The second kappa shape index (κ2) is 6.59. The van der Waals surface area contributed by atoms with Gasteiger partial charge in [-0.15, -0.1) is 0 Å². The third-order valence-electron chi connectivity index (χ3n) is 2.51. The molecule has 90 valence electrons. The van der Waals surface area contributed by atoms with E-state index in [0.29, 0.717) is 5.56 Å². The van der Waals surface area contributed by atoms with Gasteiger partial charge in [0.05, 0.1) is 0 Å². The fourth-order valence-corrected chi connectivity index (χ4v) is 1.77. The minimum atomic E-state index is -0.505. The lowest BCUT2D eigenvalue weighted by atomic mass is 10.0. The standard InChI is InChI=1S/C13H19F2N/c1-3-5-13(16-6-4-2)10-7-11(14)9-12(15)8-10/h7-9,13,16H,3-6H2,1-2H3. The Balaban J connectivity index is 2.82. The maximum Gasteiger partial charge on any atom is 0.126 e.